The topological polar surface area (TPSA) is 67.9 Å². The smallest absolute Gasteiger partial charge is 0.335 e. The van der Waals surface area contributed by atoms with Crippen LogP contribution in [-0.4, -0.2) is 49.7 Å². The molecule has 3 aromatic rings. The second-order valence-electron chi connectivity index (χ2n) is 13.4. The molecule has 0 amide bonds. The summed E-state index contributed by atoms with van der Waals surface area (Å²) in [6, 6.07) is 30.4. The van der Waals surface area contributed by atoms with Crippen molar-refractivity contribution >= 4 is 36.2 Å². The molecule has 5 radical (unpaired) electrons. The molecule has 0 aromatic heterocycles. The monoisotopic (exact) mass is 659 g/mol. The van der Waals surface area contributed by atoms with Crippen LogP contribution in [0.4, 0.5) is 5.69 Å². The number of ether oxygens (including phenoxy) is 2. The second-order valence-corrected chi connectivity index (χ2v) is 15.6. The Morgan fingerprint density at radius 3 is 2.25 bits per heavy atom. The minimum atomic E-state index is -0.785. The van der Waals surface area contributed by atoms with Crippen molar-refractivity contribution in [2.24, 2.45) is 5.41 Å². The highest BCUT2D eigenvalue weighted by molar-refractivity contribution is 7.76. The number of hydrogen-bond donors (Lipinski definition) is 1. The molecule has 1 saturated heterocycles. The number of nitrogens with zero attached hydrogens (tertiary/aromatic N) is 1. The van der Waals surface area contributed by atoms with E-state index in [-0.39, 0.29) is 29.4 Å². The van der Waals surface area contributed by atoms with Crippen molar-refractivity contribution in [3.05, 3.63) is 133 Å². The third-order valence-electron chi connectivity index (χ3n) is 11.3. The lowest BCUT2D eigenvalue weighted by atomic mass is 9.54. The van der Waals surface area contributed by atoms with Gasteiger partial charge in [-0.25, -0.2) is 4.79 Å². The number of carbonyl (C=O) groups excluding carboxylic acids is 2. The molecule has 2 aliphatic carbocycles. The molecule has 0 bridgehead atoms. The summed E-state index contributed by atoms with van der Waals surface area (Å²) < 4.78 is 10.6. The Morgan fingerprint density at radius 2 is 1.60 bits per heavy atom. The first kappa shape index (κ1) is 33.0. The number of esters is 2. The van der Waals surface area contributed by atoms with Gasteiger partial charge in [-0.3, -0.25) is 9.69 Å². The second kappa shape index (κ2) is 13.4. The predicted molar refractivity (Wildman–Crippen MR) is 192 cm³/mol. The van der Waals surface area contributed by atoms with E-state index in [1.54, 1.807) is 0 Å². The maximum Gasteiger partial charge on any atom is 0.335 e. The van der Waals surface area contributed by atoms with Crippen molar-refractivity contribution in [2.75, 3.05) is 26.1 Å². The molecule has 48 heavy (non-hydrogen) atoms. The number of carbonyl (C=O) groups is 2. The van der Waals surface area contributed by atoms with E-state index in [0.29, 0.717) is 24.8 Å². The number of likely N-dealkylation sites (tertiary alicyclic amines) is 1. The molecule has 4 atom stereocenters. The first-order valence-electron chi connectivity index (χ1n) is 17.1. The summed E-state index contributed by atoms with van der Waals surface area (Å²) >= 11 is 0. The fraction of sp³-hybridized carbons (Fsp3) is 0.341. The highest BCUT2D eigenvalue weighted by Crippen LogP contribution is 2.66. The molecule has 7 heteroatoms. The van der Waals surface area contributed by atoms with E-state index in [0.717, 1.165) is 30.8 Å². The number of hydrogen-bond acceptors (Lipinski definition) is 6. The van der Waals surface area contributed by atoms with Crippen LogP contribution >= 0.6 is 7.92 Å². The van der Waals surface area contributed by atoms with Gasteiger partial charge in [0.05, 0.1) is 25.2 Å². The molecule has 2 fully saturated rings. The first-order chi connectivity index (χ1) is 23.4. The zero-order valence-electron chi connectivity index (χ0n) is 28.2. The van der Waals surface area contributed by atoms with E-state index in [9.17, 15) is 9.59 Å². The Labute approximate surface area is 287 Å². The Kier molecular flexibility index (Phi) is 9.26. The summed E-state index contributed by atoms with van der Waals surface area (Å²) in [6.07, 6.45) is 9.98. The maximum atomic E-state index is 13.6. The normalized spacial score (nSPS) is 26.1. The molecule has 2 aliphatic heterocycles. The minimum Gasteiger partial charge on any atom is -0.469 e. The van der Waals surface area contributed by atoms with E-state index in [4.69, 9.17) is 9.47 Å². The molecule has 2 heterocycles. The van der Waals surface area contributed by atoms with Gasteiger partial charge in [0.15, 0.2) is 0 Å². The van der Waals surface area contributed by atoms with E-state index in [1.165, 1.54) is 42.0 Å². The molecule has 7 rings (SSSR count). The number of nitrogens with one attached hydrogen (secondary N) is 1. The van der Waals surface area contributed by atoms with Gasteiger partial charge in [-0.2, -0.15) is 0 Å². The first-order valence-corrected chi connectivity index (χ1v) is 18.4. The van der Waals surface area contributed by atoms with Crippen LogP contribution in [0, 0.1) is 36.3 Å². The number of benzene rings is 3. The lowest BCUT2D eigenvalue weighted by Crippen LogP contribution is -2.60. The van der Waals surface area contributed by atoms with Gasteiger partial charge in [-0.05, 0) is 87.4 Å². The van der Waals surface area contributed by atoms with Gasteiger partial charge in [0.1, 0.15) is 0 Å². The molecule has 1 spiro atoms. The molecule has 1 saturated carbocycles. The molecule has 1 N–H and O–H groups in total. The lowest BCUT2D eigenvalue weighted by Gasteiger charge is -2.55. The van der Waals surface area contributed by atoms with Gasteiger partial charge in [0, 0.05) is 48.0 Å². The summed E-state index contributed by atoms with van der Waals surface area (Å²) in [7, 11) is 2.14. The maximum absolute atomic E-state index is 13.6. The largest absolute Gasteiger partial charge is 0.469 e. The number of rotatable bonds is 10. The summed E-state index contributed by atoms with van der Waals surface area (Å²) in [6.45, 7) is 5.44. The van der Waals surface area contributed by atoms with Crippen LogP contribution in [0.1, 0.15) is 51.5 Å². The number of anilines is 1. The molecule has 6 nitrogen and oxygen atoms in total. The van der Waals surface area contributed by atoms with Crippen LogP contribution in [0.25, 0.3) is 0 Å². The third kappa shape index (κ3) is 5.31. The average Bonchev–Trinajstić information content (AvgIpc) is 3.87. The molecular formula is C41H44N2O4P. The highest BCUT2D eigenvalue weighted by atomic mass is 31.1. The minimum absolute atomic E-state index is 0.0386. The SMILES string of the molecule is CC[C@@]1(CCC(=O)OC)CC(C(=O)OC)=C2Nc3ccccc3[C@]23CCN([C@@H](C)[C]2[CH][CH][CH][C]2P(c2ccccc2)c2ccccc2)[C@H]13. The Bertz CT molecular complexity index is 1640. The summed E-state index contributed by atoms with van der Waals surface area (Å²) in [4.78, 5) is 29.1. The van der Waals surface area contributed by atoms with Crippen LogP contribution < -0.4 is 15.9 Å². The van der Waals surface area contributed by atoms with Gasteiger partial charge in [-0.1, -0.05) is 85.8 Å². The predicted octanol–water partition coefficient (Wildman–Crippen LogP) is 6.86. The Morgan fingerprint density at radius 1 is 0.938 bits per heavy atom. The Balaban J connectivity index is 1.35. The van der Waals surface area contributed by atoms with E-state index >= 15 is 0 Å². The van der Waals surface area contributed by atoms with E-state index in [2.05, 4.69) is 128 Å². The zero-order chi connectivity index (χ0) is 33.5. The molecule has 4 aliphatic rings. The standard InChI is InChI=1S/C41H44N2O4P/c1-5-40(24-23-36(44)46-3)27-32(38(45)47-4)37-41(33-20-12-13-21-34(33)42-37)25-26-43(39(40)41)28(2)31-19-14-22-35(31)48(29-15-8-6-9-16-29)30-17-10-7-11-18-30/h6-22,28,39,42H,5,23-27H2,1-4H3/t28-,39+,40+,41+/m0/s1. The van der Waals surface area contributed by atoms with Crippen molar-refractivity contribution < 1.29 is 19.1 Å². The van der Waals surface area contributed by atoms with Crippen molar-refractivity contribution in [1.29, 1.82) is 0 Å². The van der Waals surface area contributed by atoms with Gasteiger partial charge >= 0.3 is 11.9 Å². The number of methoxy groups -OCH3 is 2. The summed E-state index contributed by atoms with van der Waals surface area (Å²) in [5, 5.41) is 6.39. The number of para-hydroxylation sites is 1. The van der Waals surface area contributed by atoms with Crippen LogP contribution in [0.3, 0.4) is 0 Å². The molecule has 247 valence electrons. The highest BCUT2D eigenvalue weighted by Gasteiger charge is 2.66. The fourth-order valence-electron chi connectivity index (χ4n) is 9.15. The van der Waals surface area contributed by atoms with Crippen molar-refractivity contribution in [1.82, 2.24) is 4.90 Å². The number of fused-ring (bicyclic) bond motifs is 1. The van der Waals surface area contributed by atoms with Gasteiger partial charge in [0.2, 0.25) is 0 Å². The van der Waals surface area contributed by atoms with Crippen LogP contribution in [0.2, 0.25) is 0 Å². The molecular weight excluding hydrogens is 615 g/mol. The van der Waals surface area contributed by atoms with Crippen LogP contribution in [0.5, 0.6) is 0 Å². The van der Waals surface area contributed by atoms with Gasteiger partial charge in [-0.15, -0.1) is 0 Å². The Hall–Kier alpha value is -3.47. The summed E-state index contributed by atoms with van der Waals surface area (Å²) in [5.74, 6) is 0.830. The zero-order valence-corrected chi connectivity index (χ0v) is 29.1. The van der Waals surface area contributed by atoms with E-state index in [1.807, 2.05) is 0 Å². The lowest BCUT2D eigenvalue weighted by molar-refractivity contribution is -0.141. The molecule has 0 unspecified atom stereocenters. The quantitative estimate of drug-likeness (QED) is 0.190. The van der Waals surface area contributed by atoms with Crippen molar-refractivity contribution in [3.8, 4) is 0 Å². The fourth-order valence-corrected chi connectivity index (χ4v) is 11.7. The third-order valence-corrected chi connectivity index (χ3v) is 13.8. The van der Waals surface area contributed by atoms with Crippen LogP contribution in [0.15, 0.2) is 96.2 Å². The van der Waals surface area contributed by atoms with Crippen molar-refractivity contribution in [3.63, 3.8) is 0 Å². The van der Waals surface area contributed by atoms with Gasteiger partial charge in [0.25, 0.3) is 0 Å². The summed E-state index contributed by atoms with van der Waals surface area (Å²) in [5.41, 5.74) is 4.54. The van der Waals surface area contributed by atoms with E-state index < -0.39 is 13.3 Å². The van der Waals surface area contributed by atoms with Crippen molar-refractivity contribution in [2.45, 2.75) is 63.5 Å². The van der Waals surface area contributed by atoms with Crippen LogP contribution in [-0.2, 0) is 24.5 Å². The average molecular weight is 660 g/mol. The van der Waals surface area contributed by atoms with Gasteiger partial charge < -0.3 is 14.8 Å². The molecule has 3 aromatic carbocycles.